The number of nitrogens with one attached hydrogen (secondary N) is 2. The number of rotatable bonds is 5. The third-order valence-electron chi connectivity index (χ3n) is 2.79. The SMILES string of the molecule is CC(=O)NC(C(=O)NCc1cccc(F)c1)c1ccco1. The second kappa shape index (κ2) is 6.69. The molecular formula is C15H15FN2O3. The van der Waals surface area contributed by atoms with Crippen LogP contribution in [0.4, 0.5) is 4.39 Å². The highest BCUT2D eigenvalue weighted by Crippen LogP contribution is 2.14. The van der Waals surface area contributed by atoms with Crippen LogP contribution in [0, 0.1) is 5.82 Å². The van der Waals surface area contributed by atoms with E-state index in [9.17, 15) is 14.0 Å². The summed E-state index contributed by atoms with van der Waals surface area (Å²) < 4.78 is 18.2. The lowest BCUT2D eigenvalue weighted by molar-refractivity contribution is -0.128. The molecule has 0 spiro atoms. The van der Waals surface area contributed by atoms with Crippen LogP contribution >= 0.6 is 0 Å². The summed E-state index contributed by atoms with van der Waals surface area (Å²) in [5, 5.41) is 5.15. The van der Waals surface area contributed by atoms with Gasteiger partial charge >= 0.3 is 0 Å². The molecular weight excluding hydrogens is 275 g/mol. The number of halogens is 1. The normalized spacial score (nSPS) is 11.7. The average Bonchev–Trinajstić information content (AvgIpc) is 2.96. The molecule has 0 radical (unpaired) electrons. The molecule has 0 fully saturated rings. The van der Waals surface area contributed by atoms with Gasteiger partial charge in [-0.1, -0.05) is 12.1 Å². The van der Waals surface area contributed by atoms with Crippen molar-refractivity contribution in [2.24, 2.45) is 0 Å². The van der Waals surface area contributed by atoms with Gasteiger partial charge < -0.3 is 15.1 Å². The Morgan fingerprint density at radius 1 is 1.29 bits per heavy atom. The number of benzene rings is 1. The molecule has 2 amide bonds. The van der Waals surface area contributed by atoms with Crippen LogP contribution in [0.5, 0.6) is 0 Å². The van der Waals surface area contributed by atoms with E-state index in [0.717, 1.165) is 0 Å². The molecule has 0 aliphatic heterocycles. The minimum absolute atomic E-state index is 0.160. The zero-order valence-corrected chi connectivity index (χ0v) is 11.4. The largest absolute Gasteiger partial charge is 0.467 e. The van der Waals surface area contributed by atoms with Gasteiger partial charge in [0, 0.05) is 13.5 Å². The average molecular weight is 290 g/mol. The Morgan fingerprint density at radius 3 is 2.71 bits per heavy atom. The van der Waals surface area contributed by atoms with Gasteiger partial charge in [0.2, 0.25) is 5.91 Å². The Kier molecular flexibility index (Phi) is 4.71. The molecule has 1 unspecified atom stereocenters. The maximum absolute atomic E-state index is 13.1. The summed E-state index contributed by atoms with van der Waals surface area (Å²) >= 11 is 0. The van der Waals surface area contributed by atoms with Gasteiger partial charge in [-0.15, -0.1) is 0 Å². The van der Waals surface area contributed by atoms with Crippen LogP contribution in [0.15, 0.2) is 47.1 Å². The number of furan rings is 1. The Balaban J connectivity index is 2.03. The van der Waals surface area contributed by atoms with Crippen LogP contribution in [0.1, 0.15) is 24.3 Å². The van der Waals surface area contributed by atoms with Crippen molar-refractivity contribution in [2.75, 3.05) is 0 Å². The number of amides is 2. The molecule has 1 aromatic heterocycles. The molecule has 2 N–H and O–H groups in total. The molecule has 6 heteroatoms. The fourth-order valence-electron chi connectivity index (χ4n) is 1.86. The molecule has 2 aromatic rings. The molecule has 0 aliphatic rings. The Hall–Kier alpha value is -2.63. The summed E-state index contributed by atoms with van der Waals surface area (Å²) in [6.07, 6.45) is 1.42. The van der Waals surface area contributed by atoms with Gasteiger partial charge in [0.1, 0.15) is 11.6 Å². The van der Waals surface area contributed by atoms with E-state index in [0.29, 0.717) is 11.3 Å². The maximum atomic E-state index is 13.1. The minimum atomic E-state index is -0.911. The minimum Gasteiger partial charge on any atom is -0.467 e. The lowest BCUT2D eigenvalue weighted by Crippen LogP contribution is -2.39. The topological polar surface area (TPSA) is 71.3 Å². The summed E-state index contributed by atoms with van der Waals surface area (Å²) in [6.45, 7) is 1.48. The van der Waals surface area contributed by atoms with Crippen molar-refractivity contribution in [3.8, 4) is 0 Å². The highest BCUT2D eigenvalue weighted by molar-refractivity contribution is 5.87. The van der Waals surface area contributed by atoms with Crippen molar-refractivity contribution in [1.29, 1.82) is 0 Å². The molecule has 1 heterocycles. The van der Waals surface area contributed by atoms with Gasteiger partial charge in [-0.3, -0.25) is 9.59 Å². The smallest absolute Gasteiger partial charge is 0.250 e. The first-order valence-electron chi connectivity index (χ1n) is 6.39. The lowest BCUT2D eigenvalue weighted by atomic mass is 10.2. The predicted molar refractivity (Wildman–Crippen MR) is 73.5 cm³/mol. The fraction of sp³-hybridized carbons (Fsp3) is 0.200. The molecule has 0 saturated heterocycles. The molecule has 110 valence electrons. The number of carbonyl (C=O) groups excluding carboxylic acids is 2. The van der Waals surface area contributed by atoms with Crippen LogP contribution < -0.4 is 10.6 Å². The first-order chi connectivity index (χ1) is 10.1. The summed E-state index contributed by atoms with van der Waals surface area (Å²) in [7, 11) is 0. The number of hydrogen-bond donors (Lipinski definition) is 2. The Labute approximate surface area is 121 Å². The predicted octanol–water partition coefficient (Wildman–Crippen LogP) is 1.91. The zero-order valence-electron chi connectivity index (χ0n) is 11.4. The van der Waals surface area contributed by atoms with E-state index in [1.165, 1.54) is 25.3 Å². The van der Waals surface area contributed by atoms with Gasteiger partial charge in [0.05, 0.1) is 6.26 Å². The van der Waals surface area contributed by atoms with Crippen LogP contribution in [0.25, 0.3) is 0 Å². The van der Waals surface area contributed by atoms with Crippen molar-refractivity contribution in [3.63, 3.8) is 0 Å². The van der Waals surface area contributed by atoms with E-state index in [1.807, 2.05) is 0 Å². The maximum Gasteiger partial charge on any atom is 0.250 e. The van der Waals surface area contributed by atoms with E-state index in [2.05, 4.69) is 10.6 Å². The quantitative estimate of drug-likeness (QED) is 0.883. The van der Waals surface area contributed by atoms with Gasteiger partial charge in [-0.25, -0.2) is 4.39 Å². The monoisotopic (exact) mass is 290 g/mol. The molecule has 5 nitrogen and oxygen atoms in total. The molecule has 0 saturated carbocycles. The van der Waals surface area contributed by atoms with Gasteiger partial charge in [-0.05, 0) is 29.8 Å². The van der Waals surface area contributed by atoms with Crippen LogP contribution in [-0.2, 0) is 16.1 Å². The highest BCUT2D eigenvalue weighted by Gasteiger charge is 2.23. The van der Waals surface area contributed by atoms with Crippen molar-refractivity contribution in [1.82, 2.24) is 10.6 Å². The molecule has 21 heavy (non-hydrogen) atoms. The lowest BCUT2D eigenvalue weighted by Gasteiger charge is -2.15. The second-order valence-corrected chi connectivity index (χ2v) is 4.50. The third-order valence-corrected chi connectivity index (χ3v) is 2.79. The molecule has 0 aliphatic carbocycles. The summed E-state index contributed by atoms with van der Waals surface area (Å²) in [6, 6.07) is 8.24. The summed E-state index contributed by atoms with van der Waals surface area (Å²) in [5.41, 5.74) is 0.629. The van der Waals surface area contributed by atoms with Crippen molar-refractivity contribution < 1.29 is 18.4 Å². The third kappa shape index (κ3) is 4.17. The fourth-order valence-corrected chi connectivity index (χ4v) is 1.86. The summed E-state index contributed by atoms with van der Waals surface area (Å²) in [4.78, 5) is 23.3. The molecule has 1 atom stereocenters. The van der Waals surface area contributed by atoms with E-state index in [1.54, 1.807) is 24.3 Å². The summed E-state index contributed by atoms with van der Waals surface area (Å²) in [5.74, 6) is -0.810. The van der Waals surface area contributed by atoms with Crippen molar-refractivity contribution in [2.45, 2.75) is 19.5 Å². The Bertz CT molecular complexity index is 626. The number of carbonyl (C=O) groups is 2. The second-order valence-electron chi connectivity index (χ2n) is 4.50. The standard InChI is InChI=1S/C15H15FN2O3/c1-10(19)18-14(13-6-3-7-21-13)15(20)17-9-11-4-2-5-12(16)8-11/h2-8,14H,9H2,1H3,(H,17,20)(H,18,19). The van der Waals surface area contributed by atoms with E-state index in [-0.39, 0.29) is 18.3 Å². The van der Waals surface area contributed by atoms with E-state index in [4.69, 9.17) is 4.42 Å². The van der Waals surface area contributed by atoms with Gasteiger partial charge in [0.15, 0.2) is 6.04 Å². The first kappa shape index (κ1) is 14.8. The molecule has 1 aromatic carbocycles. The molecule has 0 bridgehead atoms. The van der Waals surface area contributed by atoms with E-state index >= 15 is 0 Å². The van der Waals surface area contributed by atoms with E-state index < -0.39 is 11.9 Å². The van der Waals surface area contributed by atoms with Gasteiger partial charge in [0.25, 0.3) is 5.91 Å². The first-order valence-corrected chi connectivity index (χ1v) is 6.39. The highest BCUT2D eigenvalue weighted by atomic mass is 19.1. The molecule has 2 rings (SSSR count). The van der Waals surface area contributed by atoms with Crippen molar-refractivity contribution in [3.05, 3.63) is 59.8 Å². The van der Waals surface area contributed by atoms with Crippen LogP contribution in [-0.4, -0.2) is 11.8 Å². The Morgan fingerprint density at radius 2 is 2.10 bits per heavy atom. The van der Waals surface area contributed by atoms with Crippen LogP contribution in [0.3, 0.4) is 0 Å². The van der Waals surface area contributed by atoms with Crippen LogP contribution in [0.2, 0.25) is 0 Å². The van der Waals surface area contributed by atoms with Gasteiger partial charge in [-0.2, -0.15) is 0 Å². The zero-order chi connectivity index (χ0) is 15.2. The number of hydrogen-bond acceptors (Lipinski definition) is 3. The van der Waals surface area contributed by atoms with Crippen molar-refractivity contribution >= 4 is 11.8 Å².